The van der Waals surface area contributed by atoms with Crippen molar-refractivity contribution in [1.82, 2.24) is 4.90 Å². The van der Waals surface area contributed by atoms with Crippen LogP contribution in [0.2, 0.25) is 0 Å². The number of hydrogen-bond donors (Lipinski definition) is 2. The smallest absolute Gasteiger partial charge is 0.369 e. The van der Waals surface area contributed by atoms with Gasteiger partial charge in [-0.25, -0.2) is 4.99 Å². The number of halogens is 3. The molecule has 0 aromatic heterocycles. The van der Waals surface area contributed by atoms with Crippen LogP contribution in [-0.2, 0) is 16.5 Å². The third kappa shape index (κ3) is 4.23. The minimum Gasteiger partial charge on any atom is -0.369 e. The maximum atomic E-state index is 12.7. The Morgan fingerprint density at radius 3 is 2.45 bits per heavy atom. The monoisotopic (exact) mass is 404 g/mol. The molecule has 1 heterocycles. The standard InChI is InChI=1S/C20H19F3N4O2/c1-19(11-16(28)27(2)18(24)26-19)14-4-3-5-15(10-14)25-17(29)12-6-8-13(9-7-12)20(21,22)23/h3-10H,11H2,1-2H3,(H2,24,26)(H,25,29). The largest absolute Gasteiger partial charge is 0.416 e. The van der Waals surface area contributed by atoms with Gasteiger partial charge in [0.25, 0.3) is 5.91 Å². The van der Waals surface area contributed by atoms with Crippen molar-refractivity contribution < 1.29 is 22.8 Å². The van der Waals surface area contributed by atoms with Crippen molar-refractivity contribution in [1.29, 1.82) is 0 Å². The molecule has 1 atom stereocenters. The Bertz CT molecular complexity index is 986. The van der Waals surface area contributed by atoms with E-state index in [2.05, 4.69) is 10.3 Å². The fraction of sp³-hybridized carbons (Fsp3) is 0.250. The van der Waals surface area contributed by atoms with Crippen LogP contribution >= 0.6 is 0 Å². The molecule has 0 spiro atoms. The Kier molecular flexibility index (Phi) is 5.08. The molecule has 2 aromatic rings. The van der Waals surface area contributed by atoms with Gasteiger partial charge in [0.15, 0.2) is 5.96 Å². The topological polar surface area (TPSA) is 87.8 Å². The summed E-state index contributed by atoms with van der Waals surface area (Å²) in [6.45, 7) is 1.77. The number of hydrogen-bond acceptors (Lipinski definition) is 4. The normalized spacial score (nSPS) is 19.7. The number of aliphatic imine (C=N–C) groups is 1. The number of carbonyl (C=O) groups excluding carboxylic acids is 2. The minimum absolute atomic E-state index is 0.0892. The van der Waals surface area contributed by atoms with Crippen LogP contribution in [0.3, 0.4) is 0 Å². The number of benzene rings is 2. The number of nitrogens with zero attached hydrogens (tertiary/aromatic N) is 2. The van der Waals surface area contributed by atoms with E-state index >= 15 is 0 Å². The molecule has 2 aromatic carbocycles. The Balaban J connectivity index is 1.82. The summed E-state index contributed by atoms with van der Waals surface area (Å²) in [4.78, 5) is 30.2. The first-order valence-electron chi connectivity index (χ1n) is 8.71. The van der Waals surface area contributed by atoms with Gasteiger partial charge in [0.1, 0.15) is 0 Å². The predicted octanol–water partition coefficient (Wildman–Crippen LogP) is 3.35. The third-order valence-electron chi connectivity index (χ3n) is 4.79. The lowest BCUT2D eigenvalue weighted by Gasteiger charge is -2.33. The number of guanidine groups is 1. The fourth-order valence-electron chi connectivity index (χ4n) is 3.02. The molecule has 0 saturated carbocycles. The summed E-state index contributed by atoms with van der Waals surface area (Å²) in [5, 5.41) is 2.65. The molecule has 0 fully saturated rings. The van der Waals surface area contributed by atoms with E-state index in [0.717, 1.165) is 24.3 Å². The van der Waals surface area contributed by atoms with Crippen molar-refractivity contribution in [3.63, 3.8) is 0 Å². The SMILES string of the molecule is CN1C(=O)CC(C)(c2cccc(NC(=O)c3ccc(C(F)(F)F)cc3)c2)N=C1N. The first kappa shape index (κ1) is 20.4. The van der Waals surface area contributed by atoms with Crippen molar-refractivity contribution >= 4 is 23.5 Å². The summed E-state index contributed by atoms with van der Waals surface area (Å²) in [6.07, 6.45) is -4.35. The Morgan fingerprint density at radius 1 is 1.21 bits per heavy atom. The van der Waals surface area contributed by atoms with E-state index in [1.54, 1.807) is 38.2 Å². The summed E-state index contributed by atoms with van der Waals surface area (Å²) in [7, 11) is 1.54. The molecule has 0 aliphatic carbocycles. The Labute approximate surface area is 165 Å². The van der Waals surface area contributed by atoms with E-state index in [1.165, 1.54) is 4.90 Å². The van der Waals surface area contributed by atoms with E-state index in [4.69, 9.17) is 5.73 Å². The van der Waals surface area contributed by atoms with Gasteiger partial charge in [-0.1, -0.05) is 12.1 Å². The van der Waals surface area contributed by atoms with Gasteiger partial charge in [0.2, 0.25) is 5.91 Å². The molecule has 1 unspecified atom stereocenters. The predicted molar refractivity (Wildman–Crippen MR) is 102 cm³/mol. The van der Waals surface area contributed by atoms with Gasteiger partial charge >= 0.3 is 6.18 Å². The number of anilines is 1. The van der Waals surface area contributed by atoms with Gasteiger partial charge in [0.05, 0.1) is 17.5 Å². The molecule has 152 valence electrons. The van der Waals surface area contributed by atoms with Crippen molar-refractivity contribution in [2.45, 2.75) is 25.1 Å². The van der Waals surface area contributed by atoms with Crippen LogP contribution in [0.15, 0.2) is 53.5 Å². The molecule has 0 radical (unpaired) electrons. The molecule has 3 N–H and O–H groups in total. The molecule has 3 rings (SSSR count). The Hall–Kier alpha value is -3.36. The molecule has 6 nitrogen and oxygen atoms in total. The highest BCUT2D eigenvalue weighted by Crippen LogP contribution is 2.34. The third-order valence-corrected chi connectivity index (χ3v) is 4.79. The van der Waals surface area contributed by atoms with Gasteiger partial charge in [-0.3, -0.25) is 14.5 Å². The average Bonchev–Trinajstić information content (AvgIpc) is 2.66. The second-order valence-corrected chi connectivity index (χ2v) is 6.98. The van der Waals surface area contributed by atoms with E-state index in [9.17, 15) is 22.8 Å². The van der Waals surface area contributed by atoms with Gasteiger partial charge in [-0.2, -0.15) is 13.2 Å². The molecule has 2 amide bonds. The molecule has 1 aliphatic heterocycles. The van der Waals surface area contributed by atoms with Crippen molar-refractivity contribution in [2.24, 2.45) is 10.7 Å². The lowest BCUT2D eigenvalue weighted by atomic mass is 9.87. The van der Waals surface area contributed by atoms with E-state index in [0.29, 0.717) is 11.3 Å². The number of alkyl halides is 3. The zero-order valence-electron chi connectivity index (χ0n) is 15.7. The van der Waals surface area contributed by atoms with E-state index in [1.807, 2.05) is 0 Å². The van der Waals surface area contributed by atoms with Crippen LogP contribution in [0.5, 0.6) is 0 Å². The average molecular weight is 404 g/mol. The highest BCUT2D eigenvalue weighted by molar-refractivity contribution is 6.04. The van der Waals surface area contributed by atoms with Crippen molar-refractivity contribution in [3.05, 3.63) is 65.2 Å². The van der Waals surface area contributed by atoms with Gasteiger partial charge in [-0.15, -0.1) is 0 Å². The van der Waals surface area contributed by atoms with Gasteiger partial charge < -0.3 is 11.1 Å². The molecule has 1 aliphatic rings. The summed E-state index contributed by atoms with van der Waals surface area (Å²) < 4.78 is 38.0. The fourth-order valence-corrected chi connectivity index (χ4v) is 3.02. The van der Waals surface area contributed by atoms with E-state index in [-0.39, 0.29) is 23.9 Å². The molecule has 0 bridgehead atoms. The van der Waals surface area contributed by atoms with Crippen LogP contribution in [0.1, 0.15) is 34.8 Å². The first-order valence-corrected chi connectivity index (χ1v) is 8.71. The summed E-state index contributed by atoms with van der Waals surface area (Å²) >= 11 is 0. The minimum atomic E-state index is -4.47. The first-order chi connectivity index (χ1) is 13.5. The molecule has 0 saturated heterocycles. The van der Waals surface area contributed by atoms with Crippen LogP contribution < -0.4 is 11.1 Å². The lowest BCUT2D eigenvalue weighted by Crippen LogP contribution is -2.47. The van der Waals surface area contributed by atoms with Crippen LogP contribution in [-0.4, -0.2) is 29.7 Å². The maximum Gasteiger partial charge on any atom is 0.416 e. The van der Waals surface area contributed by atoms with Crippen LogP contribution in [0.25, 0.3) is 0 Å². The number of amides is 2. The zero-order chi connectivity index (χ0) is 21.4. The summed E-state index contributed by atoms with van der Waals surface area (Å²) in [6, 6.07) is 10.7. The van der Waals surface area contributed by atoms with Crippen molar-refractivity contribution in [3.8, 4) is 0 Å². The highest BCUT2D eigenvalue weighted by atomic mass is 19.4. The molecular weight excluding hydrogens is 385 g/mol. The number of nitrogens with one attached hydrogen (secondary N) is 1. The highest BCUT2D eigenvalue weighted by Gasteiger charge is 2.36. The van der Waals surface area contributed by atoms with Crippen molar-refractivity contribution in [2.75, 3.05) is 12.4 Å². The molecular formula is C20H19F3N4O2. The second-order valence-electron chi connectivity index (χ2n) is 6.98. The second kappa shape index (κ2) is 7.23. The van der Waals surface area contributed by atoms with Gasteiger partial charge in [0, 0.05) is 18.3 Å². The van der Waals surface area contributed by atoms with Gasteiger partial charge in [-0.05, 0) is 48.9 Å². The zero-order valence-corrected chi connectivity index (χ0v) is 15.7. The van der Waals surface area contributed by atoms with Crippen LogP contribution in [0.4, 0.5) is 18.9 Å². The number of nitrogens with two attached hydrogens (primary N) is 1. The summed E-state index contributed by atoms with van der Waals surface area (Å²) in [5.74, 6) is -0.634. The van der Waals surface area contributed by atoms with E-state index < -0.39 is 23.2 Å². The summed E-state index contributed by atoms with van der Waals surface area (Å²) in [5.41, 5.74) is 5.30. The molecule has 9 heteroatoms. The lowest BCUT2D eigenvalue weighted by molar-refractivity contribution is -0.137. The maximum absolute atomic E-state index is 12.7. The number of carbonyl (C=O) groups is 2. The Morgan fingerprint density at radius 2 is 1.86 bits per heavy atom. The number of rotatable bonds is 3. The van der Waals surface area contributed by atoms with Crippen LogP contribution in [0, 0.1) is 0 Å². The quantitative estimate of drug-likeness (QED) is 0.822. The molecule has 29 heavy (non-hydrogen) atoms.